The summed E-state index contributed by atoms with van der Waals surface area (Å²) >= 11 is 0. The molecular weight excluding hydrogens is 492 g/mol. The summed E-state index contributed by atoms with van der Waals surface area (Å²) in [5, 5.41) is 4.33. The van der Waals surface area contributed by atoms with Crippen LogP contribution in [0.25, 0.3) is 11.3 Å². The topological polar surface area (TPSA) is 94.5 Å². The van der Waals surface area contributed by atoms with E-state index in [-0.39, 0.29) is 28.7 Å². The van der Waals surface area contributed by atoms with E-state index in [2.05, 4.69) is 27.2 Å². The van der Waals surface area contributed by atoms with Crippen LogP contribution in [-0.4, -0.2) is 34.7 Å². The number of oxazole rings is 1. The molecule has 0 atom stereocenters. The molecule has 3 aromatic rings. The Balaban J connectivity index is 1.14. The molecule has 5 aliphatic rings. The van der Waals surface area contributed by atoms with Gasteiger partial charge in [0.05, 0.1) is 13.3 Å². The van der Waals surface area contributed by atoms with E-state index >= 15 is 0 Å². The maximum absolute atomic E-state index is 14.1. The van der Waals surface area contributed by atoms with Gasteiger partial charge in [-0.1, -0.05) is 36.6 Å². The molecule has 39 heavy (non-hydrogen) atoms. The highest BCUT2D eigenvalue weighted by Crippen LogP contribution is 2.58. The van der Waals surface area contributed by atoms with Crippen molar-refractivity contribution < 1.29 is 18.5 Å². The molecule has 8 rings (SSSR count). The van der Waals surface area contributed by atoms with Crippen molar-refractivity contribution in [1.29, 1.82) is 0 Å². The average molecular weight is 531 g/mol. The van der Waals surface area contributed by atoms with Crippen LogP contribution in [0, 0.1) is 11.3 Å². The van der Waals surface area contributed by atoms with Crippen molar-refractivity contribution in [3.8, 4) is 17.4 Å². The van der Waals surface area contributed by atoms with Gasteiger partial charge in [0, 0.05) is 35.0 Å². The highest BCUT2D eigenvalue weighted by atomic mass is 16.6. The van der Waals surface area contributed by atoms with Gasteiger partial charge in [0.2, 0.25) is 11.8 Å². The molecule has 0 unspecified atom stereocenters. The zero-order chi connectivity index (χ0) is 26.5. The number of rotatable bonds is 8. The summed E-state index contributed by atoms with van der Waals surface area (Å²) in [5.74, 6) is 3.32. The number of carbonyl (C=O) groups is 1. The Labute approximate surface area is 229 Å². The molecule has 2 bridgehead atoms. The lowest BCUT2D eigenvalue weighted by molar-refractivity contribution is -0.124. The van der Waals surface area contributed by atoms with Crippen LogP contribution in [0.2, 0.25) is 0 Å². The van der Waals surface area contributed by atoms with Crippen molar-refractivity contribution >= 4 is 11.6 Å². The van der Waals surface area contributed by atoms with Crippen molar-refractivity contribution in [2.24, 2.45) is 11.3 Å². The van der Waals surface area contributed by atoms with Crippen molar-refractivity contribution in [3.05, 3.63) is 42.2 Å². The fourth-order valence-corrected chi connectivity index (χ4v) is 7.29. The zero-order valence-corrected chi connectivity index (χ0v) is 22.9. The summed E-state index contributed by atoms with van der Waals surface area (Å²) in [6.45, 7) is 0.763. The van der Waals surface area contributed by atoms with Gasteiger partial charge >= 0.3 is 6.08 Å². The number of aromatic nitrogens is 3. The third-order valence-electron chi connectivity index (χ3n) is 10.1. The lowest BCUT2D eigenvalue weighted by Gasteiger charge is -2.53. The van der Waals surface area contributed by atoms with Gasteiger partial charge in [-0.25, -0.2) is 0 Å². The summed E-state index contributed by atoms with van der Waals surface area (Å²) in [6.07, 6.45) is 16.2. The van der Waals surface area contributed by atoms with Crippen LogP contribution in [0.4, 0.5) is 5.69 Å². The predicted octanol–water partition coefficient (Wildman–Crippen LogP) is 6.82. The van der Waals surface area contributed by atoms with Crippen molar-refractivity contribution in [1.82, 2.24) is 15.1 Å². The lowest BCUT2D eigenvalue weighted by Crippen LogP contribution is -2.51. The van der Waals surface area contributed by atoms with Gasteiger partial charge in [-0.3, -0.25) is 4.79 Å². The van der Waals surface area contributed by atoms with E-state index < -0.39 is 0 Å². The second-order valence-corrected chi connectivity index (χ2v) is 12.5. The van der Waals surface area contributed by atoms with Crippen molar-refractivity contribution in [2.45, 2.75) is 94.8 Å². The van der Waals surface area contributed by atoms with Crippen LogP contribution < -0.4 is 9.64 Å². The van der Waals surface area contributed by atoms with Crippen LogP contribution in [0.1, 0.15) is 101 Å². The first-order chi connectivity index (χ1) is 19.1. The van der Waals surface area contributed by atoms with E-state index in [0.29, 0.717) is 11.7 Å². The van der Waals surface area contributed by atoms with Gasteiger partial charge in [-0.2, -0.15) is 9.97 Å². The molecule has 2 heterocycles. The summed E-state index contributed by atoms with van der Waals surface area (Å²) < 4.78 is 16.7. The van der Waals surface area contributed by atoms with E-state index in [1.165, 1.54) is 19.3 Å². The van der Waals surface area contributed by atoms with E-state index in [4.69, 9.17) is 18.7 Å². The number of amides is 1. The molecule has 5 saturated carbocycles. The first kappa shape index (κ1) is 24.9. The van der Waals surface area contributed by atoms with Gasteiger partial charge < -0.3 is 18.6 Å². The quantitative estimate of drug-likeness (QED) is 0.315. The number of hydrogen-bond acceptors (Lipinski definition) is 7. The Morgan fingerprint density at radius 1 is 1.05 bits per heavy atom. The Morgan fingerprint density at radius 3 is 2.51 bits per heavy atom. The normalized spacial score (nSPS) is 27.0. The smallest absolute Gasteiger partial charge is 0.393 e. The molecule has 1 amide bonds. The number of carbonyl (C=O) groups excluding carboxylic acids is 1. The number of benzene rings is 1. The van der Waals surface area contributed by atoms with Gasteiger partial charge in [-0.15, -0.1) is 0 Å². The van der Waals surface area contributed by atoms with E-state index in [9.17, 15) is 4.79 Å². The van der Waals surface area contributed by atoms with Crippen LogP contribution in [0.3, 0.4) is 0 Å². The van der Waals surface area contributed by atoms with Crippen LogP contribution in [0.15, 0.2) is 39.4 Å². The Hall–Kier alpha value is -3.16. The molecule has 0 N–H and O–H groups in total. The van der Waals surface area contributed by atoms with E-state index in [1.54, 1.807) is 13.3 Å². The average Bonchev–Trinajstić information content (AvgIpc) is 3.51. The van der Waals surface area contributed by atoms with Gasteiger partial charge in [0.1, 0.15) is 0 Å². The highest BCUT2D eigenvalue weighted by molar-refractivity contribution is 5.95. The van der Waals surface area contributed by atoms with Gasteiger partial charge in [0.15, 0.2) is 11.6 Å². The van der Waals surface area contributed by atoms with Gasteiger partial charge in [0.25, 0.3) is 0 Å². The molecule has 0 saturated heterocycles. The fourth-order valence-electron chi connectivity index (χ4n) is 7.29. The van der Waals surface area contributed by atoms with Crippen molar-refractivity contribution in [2.75, 3.05) is 18.6 Å². The first-order valence-corrected chi connectivity index (χ1v) is 14.8. The minimum Gasteiger partial charge on any atom is -0.454 e. The molecule has 206 valence electrons. The maximum Gasteiger partial charge on any atom is 0.393 e. The minimum atomic E-state index is 0.0192. The fraction of sp³-hybridized carbons (Fsp3) is 0.613. The van der Waals surface area contributed by atoms with Crippen LogP contribution in [-0.2, 0) is 10.2 Å². The summed E-state index contributed by atoms with van der Waals surface area (Å²) in [4.78, 5) is 25.3. The largest absolute Gasteiger partial charge is 0.454 e. The lowest BCUT2D eigenvalue weighted by atomic mass is 9.53. The van der Waals surface area contributed by atoms with Crippen molar-refractivity contribution in [3.63, 3.8) is 0 Å². The van der Waals surface area contributed by atoms with E-state index in [0.717, 1.165) is 93.7 Å². The Kier molecular flexibility index (Phi) is 6.24. The third-order valence-corrected chi connectivity index (χ3v) is 10.1. The SMILES string of the molecule is COc1ncc(-c2cccc(N(CC34CCC(c5nc(C6CC6)no5)(CC3)CC4)C(=O)C3CCCCC3)c2)o1. The summed E-state index contributed by atoms with van der Waals surface area (Å²) in [6, 6.07) is 8.16. The Morgan fingerprint density at radius 2 is 1.82 bits per heavy atom. The predicted molar refractivity (Wildman–Crippen MR) is 146 cm³/mol. The number of nitrogens with zero attached hydrogens (tertiary/aromatic N) is 4. The number of methoxy groups -OCH3 is 1. The summed E-state index contributed by atoms with van der Waals surface area (Å²) in [5.41, 5.74) is 1.99. The van der Waals surface area contributed by atoms with Crippen LogP contribution in [0.5, 0.6) is 6.08 Å². The first-order valence-electron chi connectivity index (χ1n) is 14.8. The molecule has 1 aromatic carbocycles. The second-order valence-electron chi connectivity index (χ2n) is 12.5. The number of ether oxygens (including phenoxy) is 1. The monoisotopic (exact) mass is 530 g/mol. The molecule has 0 aliphatic heterocycles. The van der Waals surface area contributed by atoms with E-state index in [1.807, 2.05) is 12.1 Å². The highest BCUT2D eigenvalue weighted by Gasteiger charge is 2.53. The third kappa shape index (κ3) is 4.66. The molecule has 8 nitrogen and oxygen atoms in total. The number of hydrogen-bond donors (Lipinski definition) is 0. The standard InChI is InChI=1S/C31H38N4O4/c1-37-29-32-19-25(38-29)23-8-5-9-24(18-23)35(27(36)22-6-3-2-4-7-22)20-30-12-15-31(16-13-30,17-14-30)28-33-26(34-39-28)21-10-11-21/h5,8-9,18-19,21-22H,2-4,6-7,10-17,20H2,1H3. The molecule has 0 spiro atoms. The minimum absolute atomic E-state index is 0.0192. The van der Waals surface area contributed by atoms with Gasteiger partial charge in [-0.05, 0) is 81.8 Å². The maximum atomic E-state index is 14.1. The number of fused-ring (bicyclic) bond motifs is 3. The second kappa shape index (κ2) is 9.79. The Bertz CT molecular complexity index is 1310. The number of anilines is 1. The zero-order valence-electron chi connectivity index (χ0n) is 22.9. The molecule has 8 heteroatoms. The summed E-state index contributed by atoms with van der Waals surface area (Å²) in [7, 11) is 1.55. The molecule has 5 fully saturated rings. The molecule has 2 aromatic heterocycles. The molecular formula is C31H38N4O4. The molecule has 5 aliphatic carbocycles. The van der Waals surface area contributed by atoms with Crippen LogP contribution >= 0.6 is 0 Å². The molecule has 0 radical (unpaired) electrons.